The minimum absolute atomic E-state index is 0.0317. The number of aryl methyl sites for hydroxylation is 1. The second-order valence-corrected chi connectivity index (χ2v) is 4.60. The third-order valence-electron chi connectivity index (χ3n) is 1.96. The van der Waals surface area contributed by atoms with Gasteiger partial charge in [0, 0.05) is 24.6 Å². The van der Waals surface area contributed by atoms with E-state index in [-0.39, 0.29) is 25.0 Å². The Hall–Kier alpha value is -0.910. The predicted molar refractivity (Wildman–Crippen MR) is 55.5 cm³/mol. The second kappa shape index (κ2) is 5.43. The molecule has 0 bridgehead atoms. The summed E-state index contributed by atoms with van der Waals surface area (Å²) in [5.74, 6) is -0.186. The van der Waals surface area contributed by atoms with Crippen LogP contribution in [0.5, 0.6) is 0 Å². The van der Waals surface area contributed by atoms with Gasteiger partial charge in [-0.25, -0.2) is 4.98 Å². The Morgan fingerprint density at radius 2 is 2.19 bits per heavy atom. The van der Waals surface area contributed by atoms with E-state index in [4.69, 9.17) is 0 Å². The SMILES string of the molecule is Cc1nc(CC(=O)CCCC(F)(F)F)cs1. The summed E-state index contributed by atoms with van der Waals surface area (Å²) in [4.78, 5) is 15.4. The molecule has 0 aliphatic heterocycles. The molecule has 16 heavy (non-hydrogen) atoms. The van der Waals surface area contributed by atoms with E-state index in [1.54, 1.807) is 5.38 Å². The van der Waals surface area contributed by atoms with E-state index in [1.165, 1.54) is 11.3 Å². The number of hydrogen-bond donors (Lipinski definition) is 0. The zero-order valence-corrected chi connectivity index (χ0v) is 9.62. The summed E-state index contributed by atoms with van der Waals surface area (Å²) in [7, 11) is 0. The maximum Gasteiger partial charge on any atom is 0.389 e. The molecule has 0 amide bonds. The van der Waals surface area contributed by atoms with Gasteiger partial charge in [0.1, 0.15) is 5.78 Å². The molecule has 0 aliphatic carbocycles. The van der Waals surface area contributed by atoms with Gasteiger partial charge in [-0.1, -0.05) is 0 Å². The number of hydrogen-bond acceptors (Lipinski definition) is 3. The van der Waals surface area contributed by atoms with Crippen LogP contribution in [0.15, 0.2) is 5.38 Å². The quantitative estimate of drug-likeness (QED) is 0.803. The maximum atomic E-state index is 11.8. The van der Waals surface area contributed by atoms with Crippen LogP contribution in [-0.4, -0.2) is 16.9 Å². The molecule has 0 radical (unpaired) electrons. The standard InChI is InChI=1S/C10H12F3NOS/c1-7-14-8(6-16-7)5-9(15)3-2-4-10(11,12)13/h6H,2-5H2,1H3. The molecule has 6 heteroatoms. The number of aromatic nitrogens is 1. The highest BCUT2D eigenvalue weighted by Crippen LogP contribution is 2.22. The lowest BCUT2D eigenvalue weighted by Crippen LogP contribution is -2.09. The number of nitrogens with zero attached hydrogens (tertiary/aromatic N) is 1. The molecule has 0 spiro atoms. The van der Waals surface area contributed by atoms with Crippen LogP contribution in [0.4, 0.5) is 13.2 Å². The predicted octanol–water partition coefficient (Wildman–Crippen LogP) is 3.30. The lowest BCUT2D eigenvalue weighted by atomic mass is 10.1. The van der Waals surface area contributed by atoms with Crippen molar-refractivity contribution in [1.29, 1.82) is 0 Å². The number of thiazole rings is 1. The first-order valence-electron chi connectivity index (χ1n) is 4.86. The van der Waals surface area contributed by atoms with Gasteiger partial charge in [-0.05, 0) is 13.3 Å². The van der Waals surface area contributed by atoms with Crippen LogP contribution < -0.4 is 0 Å². The summed E-state index contributed by atoms with van der Waals surface area (Å²) in [5, 5.41) is 2.62. The van der Waals surface area contributed by atoms with Crippen LogP contribution in [0.1, 0.15) is 30.0 Å². The van der Waals surface area contributed by atoms with Gasteiger partial charge in [-0.3, -0.25) is 4.79 Å². The van der Waals surface area contributed by atoms with Crippen molar-refractivity contribution < 1.29 is 18.0 Å². The third kappa shape index (κ3) is 5.25. The molecule has 1 aromatic heterocycles. The maximum absolute atomic E-state index is 11.8. The first-order chi connectivity index (χ1) is 7.37. The van der Waals surface area contributed by atoms with Crippen LogP contribution in [0, 0.1) is 6.92 Å². The minimum Gasteiger partial charge on any atom is -0.299 e. The second-order valence-electron chi connectivity index (χ2n) is 3.54. The van der Waals surface area contributed by atoms with Crippen molar-refractivity contribution in [3.8, 4) is 0 Å². The molecular weight excluding hydrogens is 239 g/mol. The average molecular weight is 251 g/mol. The monoisotopic (exact) mass is 251 g/mol. The molecule has 0 aromatic carbocycles. The molecule has 0 fully saturated rings. The normalized spacial score (nSPS) is 11.8. The van der Waals surface area contributed by atoms with Gasteiger partial charge in [0.2, 0.25) is 0 Å². The van der Waals surface area contributed by atoms with Crippen LogP contribution >= 0.6 is 11.3 Å². The topological polar surface area (TPSA) is 30.0 Å². The number of halogens is 3. The third-order valence-corrected chi connectivity index (χ3v) is 2.78. The number of alkyl halides is 3. The summed E-state index contributed by atoms with van der Waals surface area (Å²) in [6, 6.07) is 0. The molecule has 0 atom stereocenters. The van der Waals surface area contributed by atoms with Crippen molar-refractivity contribution in [1.82, 2.24) is 4.98 Å². The van der Waals surface area contributed by atoms with Gasteiger partial charge in [-0.15, -0.1) is 11.3 Å². The van der Waals surface area contributed by atoms with Crippen LogP contribution in [0.3, 0.4) is 0 Å². The summed E-state index contributed by atoms with van der Waals surface area (Å²) in [6.07, 6.45) is -5.09. The smallest absolute Gasteiger partial charge is 0.299 e. The van der Waals surface area contributed by atoms with Crippen molar-refractivity contribution in [3.05, 3.63) is 16.1 Å². The fraction of sp³-hybridized carbons (Fsp3) is 0.600. The molecule has 0 aliphatic rings. The molecule has 1 heterocycles. The molecule has 1 aromatic rings. The Bertz CT molecular complexity index is 359. The average Bonchev–Trinajstić information content (AvgIpc) is 2.48. The van der Waals surface area contributed by atoms with E-state index in [0.717, 1.165) is 5.01 Å². The molecule has 2 nitrogen and oxygen atoms in total. The number of ketones is 1. The number of carbonyl (C=O) groups excluding carboxylic acids is 1. The van der Waals surface area contributed by atoms with E-state index >= 15 is 0 Å². The molecule has 1 rings (SSSR count). The number of carbonyl (C=O) groups is 1. The van der Waals surface area contributed by atoms with Crippen LogP contribution in [0.25, 0.3) is 0 Å². The fourth-order valence-corrected chi connectivity index (χ4v) is 1.88. The zero-order valence-electron chi connectivity index (χ0n) is 8.80. The highest BCUT2D eigenvalue weighted by Gasteiger charge is 2.26. The summed E-state index contributed by atoms with van der Waals surface area (Å²) < 4.78 is 35.4. The van der Waals surface area contributed by atoms with Gasteiger partial charge in [0.15, 0.2) is 0 Å². The van der Waals surface area contributed by atoms with Gasteiger partial charge in [0.25, 0.3) is 0 Å². The van der Waals surface area contributed by atoms with E-state index in [9.17, 15) is 18.0 Å². The Kier molecular flexibility index (Phi) is 4.46. The number of rotatable bonds is 5. The van der Waals surface area contributed by atoms with Gasteiger partial charge in [0.05, 0.1) is 10.7 Å². The molecule has 0 unspecified atom stereocenters. The molecule has 0 N–H and O–H groups in total. The Morgan fingerprint density at radius 3 is 2.69 bits per heavy atom. The molecular formula is C10H12F3NOS. The zero-order chi connectivity index (χ0) is 12.2. The van der Waals surface area contributed by atoms with E-state index in [2.05, 4.69) is 4.98 Å². The molecule has 90 valence electrons. The van der Waals surface area contributed by atoms with Crippen molar-refractivity contribution in [2.45, 2.75) is 38.8 Å². The summed E-state index contributed by atoms with van der Waals surface area (Å²) >= 11 is 1.43. The summed E-state index contributed by atoms with van der Waals surface area (Å²) in [6.45, 7) is 1.82. The Balaban J connectivity index is 2.26. The largest absolute Gasteiger partial charge is 0.389 e. The summed E-state index contributed by atoms with van der Waals surface area (Å²) in [5.41, 5.74) is 0.652. The minimum atomic E-state index is -4.17. The number of Topliss-reactive ketones (excluding diaryl/α,β-unsaturated/α-hetero) is 1. The van der Waals surface area contributed by atoms with Crippen LogP contribution in [0.2, 0.25) is 0 Å². The Morgan fingerprint density at radius 1 is 1.50 bits per heavy atom. The van der Waals surface area contributed by atoms with E-state index < -0.39 is 12.6 Å². The lowest BCUT2D eigenvalue weighted by molar-refractivity contribution is -0.137. The first-order valence-corrected chi connectivity index (χ1v) is 5.74. The molecule has 0 saturated carbocycles. The first kappa shape index (κ1) is 13.2. The van der Waals surface area contributed by atoms with Crippen molar-refractivity contribution in [2.75, 3.05) is 0 Å². The van der Waals surface area contributed by atoms with Gasteiger partial charge >= 0.3 is 6.18 Å². The van der Waals surface area contributed by atoms with E-state index in [1.807, 2.05) is 6.92 Å². The molecule has 0 saturated heterocycles. The highest BCUT2D eigenvalue weighted by molar-refractivity contribution is 7.09. The van der Waals surface area contributed by atoms with Crippen molar-refractivity contribution in [2.24, 2.45) is 0 Å². The lowest BCUT2D eigenvalue weighted by Gasteiger charge is -2.04. The fourth-order valence-electron chi connectivity index (χ4n) is 1.27. The van der Waals surface area contributed by atoms with Gasteiger partial charge in [-0.2, -0.15) is 13.2 Å². The highest BCUT2D eigenvalue weighted by atomic mass is 32.1. The van der Waals surface area contributed by atoms with Crippen molar-refractivity contribution in [3.63, 3.8) is 0 Å². The Labute approximate surface area is 95.5 Å². The van der Waals surface area contributed by atoms with Crippen LogP contribution in [-0.2, 0) is 11.2 Å². The van der Waals surface area contributed by atoms with Crippen molar-refractivity contribution >= 4 is 17.1 Å². The van der Waals surface area contributed by atoms with E-state index in [0.29, 0.717) is 5.69 Å². The van der Waals surface area contributed by atoms with Gasteiger partial charge < -0.3 is 0 Å².